The Bertz CT molecular complexity index is 956. The lowest BCUT2D eigenvalue weighted by Crippen LogP contribution is -2.40. The zero-order valence-corrected chi connectivity index (χ0v) is 17.0. The number of hydrogen-bond acceptors (Lipinski definition) is 6. The number of benzene rings is 2. The molecule has 1 saturated heterocycles. The molecule has 1 heterocycles. The minimum Gasteiger partial charge on any atom is -0.507 e. The van der Waals surface area contributed by atoms with Gasteiger partial charge in [-0.3, -0.25) is 4.99 Å². The standard InChI is InChI=1S/C18H19BrN2O5S/c1-25-15-3-4-16(20-12-13-10-14(19)2-5-17(13)22)18(11-15)27(23,24)21-6-8-26-9-7-21/h2-5,10-12,22H,6-9H2,1H3. The van der Waals surface area contributed by atoms with Crippen molar-refractivity contribution in [2.24, 2.45) is 4.99 Å². The number of rotatable bonds is 5. The molecule has 2 aromatic carbocycles. The summed E-state index contributed by atoms with van der Waals surface area (Å²) in [6, 6.07) is 9.61. The molecule has 1 N–H and O–H groups in total. The number of morpholine rings is 1. The van der Waals surface area contributed by atoms with E-state index in [4.69, 9.17) is 9.47 Å². The maximum absolute atomic E-state index is 13.1. The summed E-state index contributed by atoms with van der Waals surface area (Å²) in [7, 11) is -2.28. The fourth-order valence-corrected chi connectivity index (χ4v) is 4.57. The first-order valence-corrected chi connectivity index (χ1v) is 10.4. The number of ether oxygens (including phenoxy) is 2. The molecule has 0 unspecified atom stereocenters. The third-order valence-corrected chi connectivity index (χ3v) is 6.51. The second kappa shape index (κ2) is 8.39. The summed E-state index contributed by atoms with van der Waals surface area (Å²) in [6.07, 6.45) is 1.43. The van der Waals surface area contributed by atoms with Gasteiger partial charge in [0.1, 0.15) is 16.4 Å². The molecule has 144 valence electrons. The van der Waals surface area contributed by atoms with Crippen LogP contribution < -0.4 is 4.74 Å². The van der Waals surface area contributed by atoms with E-state index >= 15 is 0 Å². The average molecular weight is 455 g/mol. The highest BCUT2D eigenvalue weighted by atomic mass is 79.9. The van der Waals surface area contributed by atoms with Crippen molar-refractivity contribution in [3.8, 4) is 11.5 Å². The van der Waals surface area contributed by atoms with Gasteiger partial charge in [-0.2, -0.15) is 4.31 Å². The van der Waals surface area contributed by atoms with E-state index in [1.165, 1.54) is 29.8 Å². The van der Waals surface area contributed by atoms with Crippen molar-refractivity contribution in [2.75, 3.05) is 33.4 Å². The van der Waals surface area contributed by atoms with Gasteiger partial charge < -0.3 is 14.6 Å². The summed E-state index contributed by atoms with van der Waals surface area (Å²) < 4.78 is 38.8. The van der Waals surface area contributed by atoms with Crippen LogP contribution in [0, 0.1) is 0 Å². The van der Waals surface area contributed by atoms with E-state index in [1.54, 1.807) is 24.3 Å². The summed E-state index contributed by atoms with van der Waals surface area (Å²) in [5.74, 6) is 0.471. The molecule has 0 saturated carbocycles. The van der Waals surface area contributed by atoms with E-state index in [0.717, 1.165) is 4.47 Å². The molecule has 0 bridgehead atoms. The zero-order chi connectivity index (χ0) is 19.4. The largest absolute Gasteiger partial charge is 0.507 e. The van der Waals surface area contributed by atoms with Crippen molar-refractivity contribution < 1.29 is 23.0 Å². The van der Waals surface area contributed by atoms with Gasteiger partial charge in [0, 0.05) is 35.4 Å². The molecule has 1 aliphatic heterocycles. The number of halogens is 1. The molecule has 9 heteroatoms. The summed E-state index contributed by atoms with van der Waals surface area (Å²) in [5, 5.41) is 9.96. The van der Waals surface area contributed by atoms with Crippen molar-refractivity contribution in [3.63, 3.8) is 0 Å². The second-order valence-electron chi connectivity index (χ2n) is 5.81. The SMILES string of the molecule is COc1ccc(N=Cc2cc(Br)ccc2O)c(S(=O)(=O)N2CCOCC2)c1. The lowest BCUT2D eigenvalue weighted by atomic mass is 10.2. The molecule has 3 rings (SSSR count). The van der Waals surface area contributed by atoms with Gasteiger partial charge in [0.2, 0.25) is 10.0 Å². The highest BCUT2D eigenvalue weighted by Crippen LogP contribution is 2.32. The third-order valence-electron chi connectivity index (χ3n) is 4.09. The molecule has 0 radical (unpaired) electrons. The minimum atomic E-state index is -3.76. The maximum atomic E-state index is 13.1. The molecule has 1 aliphatic rings. The highest BCUT2D eigenvalue weighted by molar-refractivity contribution is 9.10. The third kappa shape index (κ3) is 4.49. The summed E-state index contributed by atoms with van der Waals surface area (Å²) in [4.78, 5) is 4.37. The van der Waals surface area contributed by atoms with Gasteiger partial charge in [-0.15, -0.1) is 0 Å². The van der Waals surface area contributed by atoms with Crippen molar-refractivity contribution in [3.05, 3.63) is 46.4 Å². The number of phenolic OH excluding ortho intramolecular Hbond substituents is 1. The molecule has 1 fully saturated rings. The molecule has 0 atom stereocenters. The molecule has 0 spiro atoms. The van der Waals surface area contributed by atoms with E-state index in [9.17, 15) is 13.5 Å². The van der Waals surface area contributed by atoms with E-state index in [0.29, 0.717) is 24.5 Å². The number of aromatic hydroxyl groups is 1. The molecule has 0 amide bonds. The van der Waals surface area contributed by atoms with Gasteiger partial charge in [0.25, 0.3) is 0 Å². The summed E-state index contributed by atoms with van der Waals surface area (Å²) >= 11 is 3.34. The first-order chi connectivity index (χ1) is 12.9. The van der Waals surface area contributed by atoms with Crippen molar-refractivity contribution in [1.29, 1.82) is 0 Å². The number of methoxy groups -OCH3 is 1. The smallest absolute Gasteiger partial charge is 0.245 e. The molecular formula is C18H19BrN2O5S. The van der Waals surface area contributed by atoms with Crippen LogP contribution in [0.5, 0.6) is 11.5 Å². The Balaban J connectivity index is 2.03. The van der Waals surface area contributed by atoms with Crippen molar-refractivity contribution >= 4 is 37.9 Å². The number of sulfonamides is 1. The maximum Gasteiger partial charge on any atom is 0.245 e. The van der Waals surface area contributed by atoms with Crippen molar-refractivity contribution in [1.82, 2.24) is 4.31 Å². The van der Waals surface area contributed by atoms with Crippen LogP contribution in [0.3, 0.4) is 0 Å². The van der Waals surface area contributed by atoms with E-state index in [1.807, 2.05) is 0 Å². The predicted molar refractivity (Wildman–Crippen MR) is 106 cm³/mol. The van der Waals surface area contributed by atoms with Gasteiger partial charge in [-0.25, -0.2) is 8.42 Å². The average Bonchev–Trinajstić information content (AvgIpc) is 2.69. The molecule has 2 aromatic rings. The summed E-state index contributed by atoms with van der Waals surface area (Å²) in [6.45, 7) is 1.28. The Morgan fingerprint density at radius 2 is 1.96 bits per heavy atom. The van der Waals surface area contributed by atoms with Crippen LogP contribution in [0.15, 0.2) is 50.8 Å². The minimum absolute atomic E-state index is 0.0491. The van der Waals surface area contributed by atoms with Crippen LogP contribution in [-0.2, 0) is 14.8 Å². The molecular weight excluding hydrogens is 436 g/mol. The van der Waals surface area contributed by atoms with Gasteiger partial charge in [0.15, 0.2) is 0 Å². The fraction of sp³-hybridized carbons (Fsp3) is 0.278. The Morgan fingerprint density at radius 3 is 2.67 bits per heavy atom. The molecule has 0 aromatic heterocycles. The molecule has 7 nitrogen and oxygen atoms in total. The van der Waals surface area contributed by atoms with Crippen LogP contribution in [0.4, 0.5) is 5.69 Å². The van der Waals surface area contributed by atoms with Gasteiger partial charge in [0.05, 0.1) is 26.0 Å². The first-order valence-electron chi connectivity index (χ1n) is 8.20. The highest BCUT2D eigenvalue weighted by Gasteiger charge is 2.29. The van der Waals surface area contributed by atoms with E-state index in [-0.39, 0.29) is 29.4 Å². The van der Waals surface area contributed by atoms with Crippen LogP contribution in [0.1, 0.15) is 5.56 Å². The molecule has 0 aliphatic carbocycles. The van der Waals surface area contributed by atoms with Gasteiger partial charge in [-0.05, 0) is 30.3 Å². The van der Waals surface area contributed by atoms with Crippen LogP contribution in [0.25, 0.3) is 0 Å². The van der Waals surface area contributed by atoms with Gasteiger partial charge in [-0.1, -0.05) is 15.9 Å². The quantitative estimate of drug-likeness (QED) is 0.701. The monoisotopic (exact) mass is 454 g/mol. The Morgan fingerprint density at radius 1 is 1.22 bits per heavy atom. The van der Waals surface area contributed by atoms with Crippen molar-refractivity contribution in [2.45, 2.75) is 4.90 Å². The first kappa shape index (κ1) is 19.8. The zero-order valence-electron chi connectivity index (χ0n) is 14.6. The fourth-order valence-electron chi connectivity index (χ4n) is 2.63. The van der Waals surface area contributed by atoms with Gasteiger partial charge >= 0.3 is 0 Å². The lowest BCUT2D eigenvalue weighted by Gasteiger charge is -2.26. The molecule has 27 heavy (non-hydrogen) atoms. The topological polar surface area (TPSA) is 88.4 Å². The summed E-state index contributed by atoms with van der Waals surface area (Å²) in [5.41, 5.74) is 0.733. The Kier molecular flexibility index (Phi) is 6.15. The van der Waals surface area contributed by atoms with E-state index in [2.05, 4.69) is 20.9 Å². The number of aliphatic imine (C=N–C) groups is 1. The number of phenols is 1. The van der Waals surface area contributed by atoms with Crippen LogP contribution >= 0.6 is 15.9 Å². The van der Waals surface area contributed by atoms with E-state index < -0.39 is 10.0 Å². The van der Waals surface area contributed by atoms with Crippen LogP contribution in [0.2, 0.25) is 0 Å². The lowest BCUT2D eigenvalue weighted by molar-refractivity contribution is 0.0730. The Hall–Kier alpha value is -1.94. The number of nitrogens with zero attached hydrogens (tertiary/aromatic N) is 2. The predicted octanol–water partition coefficient (Wildman–Crippen LogP) is 2.93. The Labute approximate surface area is 166 Å². The number of hydrogen-bond donors (Lipinski definition) is 1. The second-order valence-corrected chi connectivity index (χ2v) is 8.63. The normalized spacial score (nSPS) is 15.9. The van der Waals surface area contributed by atoms with Crippen LogP contribution in [-0.4, -0.2) is 57.5 Å².